The second-order valence-corrected chi connectivity index (χ2v) is 7.00. The van der Waals surface area contributed by atoms with E-state index in [4.69, 9.17) is 5.26 Å². The van der Waals surface area contributed by atoms with Gasteiger partial charge >= 0.3 is 0 Å². The van der Waals surface area contributed by atoms with E-state index in [9.17, 15) is 0 Å². The van der Waals surface area contributed by atoms with E-state index in [1.807, 2.05) is 36.4 Å². The van der Waals surface area contributed by atoms with Gasteiger partial charge < -0.3 is 0 Å². The molecule has 1 nitrogen and oxygen atoms in total. The Morgan fingerprint density at radius 2 is 1.88 bits per heavy atom. The van der Waals surface area contributed by atoms with Crippen molar-refractivity contribution >= 4 is 5.57 Å². The van der Waals surface area contributed by atoms with Crippen molar-refractivity contribution in [2.24, 2.45) is 5.41 Å². The maximum Gasteiger partial charge on any atom is 0.0991 e. The lowest BCUT2D eigenvalue weighted by Gasteiger charge is -2.35. The van der Waals surface area contributed by atoms with Crippen LogP contribution in [-0.2, 0) is 0 Å². The molecular formula is C25H29N. The van der Waals surface area contributed by atoms with Crippen molar-refractivity contribution in [3.05, 3.63) is 83.7 Å². The SMILES string of the molecule is C=CCCC(CCC)(CCC)C1=CC=C(c2cccc(C#N)c2)C=C=C1. The zero-order valence-electron chi connectivity index (χ0n) is 16.1. The van der Waals surface area contributed by atoms with Crippen molar-refractivity contribution in [3.8, 4) is 6.07 Å². The van der Waals surface area contributed by atoms with E-state index in [0.717, 1.165) is 24.0 Å². The lowest BCUT2D eigenvalue weighted by atomic mass is 9.69. The molecule has 0 aliphatic heterocycles. The molecule has 134 valence electrons. The number of nitriles is 1. The van der Waals surface area contributed by atoms with Crippen LogP contribution in [0.5, 0.6) is 0 Å². The third kappa shape index (κ3) is 4.75. The number of allylic oxidation sites excluding steroid dienone is 6. The average molecular weight is 344 g/mol. The van der Waals surface area contributed by atoms with E-state index in [1.165, 1.54) is 31.3 Å². The minimum atomic E-state index is 0.193. The first kappa shape index (κ1) is 19.8. The van der Waals surface area contributed by atoms with E-state index in [0.29, 0.717) is 5.56 Å². The fourth-order valence-corrected chi connectivity index (χ4v) is 3.92. The van der Waals surface area contributed by atoms with Crippen LogP contribution in [0.4, 0.5) is 0 Å². The van der Waals surface area contributed by atoms with Gasteiger partial charge in [-0.25, -0.2) is 0 Å². The fraction of sp³-hybridized carbons (Fsp3) is 0.360. The topological polar surface area (TPSA) is 23.8 Å². The molecule has 1 aromatic carbocycles. The first-order valence-electron chi connectivity index (χ1n) is 9.65. The maximum atomic E-state index is 9.14. The summed E-state index contributed by atoms with van der Waals surface area (Å²) >= 11 is 0. The van der Waals surface area contributed by atoms with Crippen LogP contribution in [0, 0.1) is 16.7 Å². The molecule has 0 saturated heterocycles. The van der Waals surface area contributed by atoms with Gasteiger partial charge in [0, 0.05) is 0 Å². The van der Waals surface area contributed by atoms with Gasteiger partial charge in [-0.2, -0.15) is 5.26 Å². The Hall–Kier alpha value is -2.55. The molecule has 0 spiro atoms. The number of rotatable bonds is 9. The molecule has 0 bridgehead atoms. The van der Waals surface area contributed by atoms with Crippen LogP contribution in [0.2, 0.25) is 0 Å². The number of nitrogens with zero attached hydrogens (tertiary/aromatic N) is 1. The van der Waals surface area contributed by atoms with Crippen LogP contribution < -0.4 is 0 Å². The van der Waals surface area contributed by atoms with Gasteiger partial charge in [0.2, 0.25) is 0 Å². The summed E-state index contributed by atoms with van der Waals surface area (Å²) in [6.45, 7) is 8.46. The van der Waals surface area contributed by atoms with Crippen molar-refractivity contribution < 1.29 is 0 Å². The fourth-order valence-electron chi connectivity index (χ4n) is 3.92. The lowest BCUT2D eigenvalue weighted by Crippen LogP contribution is -2.22. The highest BCUT2D eigenvalue weighted by Gasteiger charge is 2.30. The van der Waals surface area contributed by atoms with Crippen LogP contribution in [-0.4, -0.2) is 0 Å². The zero-order valence-corrected chi connectivity index (χ0v) is 16.1. The minimum absolute atomic E-state index is 0.193. The summed E-state index contributed by atoms with van der Waals surface area (Å²) in [6.07, 6.45) is 17.5. The monoisotopic (exact) mass is 343 g/mol. The summed E-state index contributed by atoms with van der Waals surface area (Å²) < 4.78 is 0. The summed E-state index contributed by atoms with van der Waals surface area (Å²) in [7, 11) is 0. The Kier molecular flexibility index (Phi) is 7.46. The molecule has 1 aliphatic rings. The average Bonchev–Trinajstić information content (AvgIpc) is 2.93. The molecular weight excluding hydrogens is 314 g/mol. The van der Waals surface area contributed by atoms with Gasteiger partial charge in [-0.15, -0.1) is 12.3 Å². The third-order valence-corrected chi connectivity index (χ3v) is 5.14. The van der Waals surface area contributed by atoms with Crippen LogP contribution in [0.1, 0.15) is 63.5 Å². The van der Waals surface area contributed by atoms with Gasteiger partial charge in [-0.3, -0.25) is 0 Å². The predicted octanol–water partition coefficient (Wildman–Crippen LogP) is 7.15. The van der Waals surface area contributed by atoms with E-state index >= 15 is 0 Å². The summed E-state index contributed by atoms with van der Waals surface area (Å²) in [5.41, 5.74) is 7.79. The lowest BCUT2D eigenvalue weighted by molar-refractivity contribution is 0.278. The van der Waals surface area contributed by atoms with Gasteiger partial charge in [0.25, 0.3) is 0 Å². The third-order valence-electron chi connectivity index (χ3n) is 5.14. The Balaban J connectivity index is 2.43. The van der Waals surface area contributed by atoms with E-state index in [-0.39, 0.29) is 5.41 Å². The van der Waals surface area contributed by atoms with Crippen molar-refractivity contribution in [1.82, 2.24) is 0 Å². The second kappa shape index (κ2) is 9.81. The molecule has 0 saturated carbocycles. The Bertz CT molecular complexity index is 786. The number of hydrogen-bond acceptors (Lipinski definition) is 1. The molecule has 1 aromatic rings. The molecule has 1 heteroatoms. The Morgan fingerprint density at radius 3 is 2.54 bits per heavy atom. The molecule has 26 heavy (non-hydrogen) atoms. The molecule has 0 atom stereocenters. The van der Waals surface area contributed by atoms with Crippen LogP contribution >= 0.6 is 0 Å². The highest BCUT2D eigenvalue weighted by molar-refractivity contribution is 5.76. The predicted molar refractivity (Wildman–Crippen MR) is 112 cm³/mol. The smallest absolute Gasteiger partial charge is 0.0991 e. The van der Waals surface area contributed by atoms with E-state index in [2.05, 4.69) is 50.5 Å². The van der Waals surface area contributed by atoms with Crippen molar-refractivity contribution in [3.63, 3.8) is 0 Å². The first-order chi connectivity index (χ1) is 12.7. The van der Waals surface area contributed by atoms with Gasteiger partial charge in [-0.05, 0) is 72.1 Å². The van der Waals surface area contributed by atoms with Gasteiger partial charge in [0.05, 0.1) is 11.6 Å². The largest absolute Gasteiger partial charge is 0.192 e. The normalized spacial score (nSPS) is 13.6. The molecule has 0 heterocycles. The highest BCUT2D eigenvalue weighted by Crippen LogP contribution is 2.43. The molecule has 0 radical (unpaired) electrons. The molecule has 2 rings (SSSR count). The molecule has 0 unspecified atom stereocenters. The molecule has 1 aliphatic carbocycles. The number of hydrogen-bond donors (Lipinski definition) is 0. The Labute approximate surface area is 158 Å². The molecule has 0 amide bonds. The second-order valence-electron chi connectivity index (χ2n) is 7.00. The standard InChI is InChI=1S/C25H29N/c1-4-7-18-25(16-5-2,17-6-3)24-13-9-11-22(14-15-24)23-12-8-10-21(19-23)20-26/h4,8,10-15,19H,1,5-7,16-18H2,2-3H3. The van der Waals surface area contributed by atoms with Gasteiger partial charge in [-0.1, -0.05) is 57.0 Å². The molecule has 0 aromatic heterocycles. The quantitative estimate of drug-likeness (QED) is 0.345. The highest BCUT2D eigenvalue weighted by atomic mass is 14.3. The summed E-state index contributed by atoms with van der Waals surface area (Å²) in [6, 6.07) is 9.97. The van der Waals surface area contributed by atoms with Crippen LogP contribution in [0.15, 0.2) is 72.5 Å². The first-order valence-corrected chi connectivity index (χ1v) is 9.65. The molecule has 0 N–H and O–H groups in total. The maximum absolute atomic E-state index is 9.14. The summed E-state index contributed by atoms with van der Waals surface area (Å²) in [5.74, 6) is 0. The van der Waals surface area contributed by atoms with E-state index in [1.54, 1.807) is 0 Å². The summed E-state index contributed by atoms with van der Waals surface area (Å²) in [4.78, 5) is 0. The summed E-state index contributed by atoms with van der Waals surface area (Å²) in [5, 5.41) is 9.14. The zero-order chi connectivity index (χ0) is 18.8. The van der Waals surface area contributed by atoms with Crippen molar-refractivity contribution in [1.29, 1.82) is 5.26 Å². The Morgan fingerprint density at radius 1 is 1.12 bits per heavy atom. The minimum Gasteiger partial charge on any atom is -0.192 e. The van der Waals surface area contributed by atoms with E-state index < -0.39 is 0 Å². The van der Waals surface area contributed by atoms with Crippen LogP contribution in [0.25, 0.3) is 5.57 Å². The molecule has 0 fully saturated rings. The van der Waals surface area contributed by atoms with Gasteiger partial charge in [0.1, 0.15) is 0 Å². The number of benzene rings is 1. The van der Waals surface area contributed by atoms with Crippen LogP contribution in [0.3, 0.4) is 0 Å². The van der Waals surface area contributed by atoms with Crippen molar-refractivity contribution in [2.75, 3.05) is 0 Å². The van der Waals surface area contributed by atoms with Crippen molar-refractivity contribution in [2.45, 2.75) is 52.4 Å². The van der Waals surface area contributed by atoms with Gasteiger partial charge in [0.15, 0.2) is 0 Å².